The molecule has 2 unspecified atom stereocenters. The minimum atomic E-state index is -2.18. The summed E-state index contributed by atoms with van der Waals surface area (Å²) in [4.78, 5) is 22.0. The van der Waals surface area contributed by atoms with Gasteiger partial charge in [0.2, 0.25) is 0 Å². The van der Waals surface area contributed by atoms with Gasteiger partial charge in [-0.15, -0.1) is 0 Å². The van der Waals surface area contributed by atoms with E-state index in [1.807, 2.05) is 6.55 Å². The molecule has 1 fully saturated rings. The van der Waals surface area contributed by atoms with Crippen molar-refractivity contribution in [3.8, 4) is 0 Å². The zero-order chi connectivity index (χ0) is 11.5. The summed E-state index contributed by atoms with van der Waals surface area (Å²) in [6, 6.07) is 0.893. The third-order valence-electron chi connectivity index (χ3n) is 2.76. The topological polar surface area (TPSA) is 52.6 Å². The lowest BCUT2D eigenvalue weighted by molar-refractivity contribution is -0.146. The monoisotopic (exact) mass is 230 g/mol. The van der Waals surface area contributed by atoms with Crippen molar-refractivity contribution in [1.82, 2.24) is 0 Å². The number of rotatable bonds is 2. The summed E-state index contributed by atoms with van der Waals surface area (Å²) < 4.78 is 10.7. The van der Waals surface area contributed by atoms with Crippen LogP contribution in [-0.4, -0.2) is 26.0 Å². The average molecular weight is 230 g/mol. The molecule has 0 amide bonds. The van der Waals surface area contributed by atoms with Crippen molar-refractivity contribution in [3.05, 3.63) is 0 Å². The lowest BCUT2D eigenvalue weighted by atomic mass is 10.2. The summed E-state index contributed by atoms with van der Waals surface area (Å²) in [6.45, 7) is 4.79. The molecule has 1 aliphatic rings. The molecule has 0 aromatic carbocycles. The summed E-state index contributed by atoms with van der Waals surface area (Å²) in [5, 5.41) is 0. The van der Waals surface area contributed by atoms with Crippen LogP contribution >= 0.6 is 0 Å². The molecular weight excluding hydrogens is 212 g/mol. The molecule has 0 aromatic rings. The van der Waals surface area contributed by atoms with Crippen LogP contribution in [0.15, 0.2) is 0 Å². The van der Waals surface area contributed by atoms with Crippen LogP contribution in [-0.2, 0) is 18.8 Å². The van der Waals surface area contributed by atoms with Gasteiger partial charge in [-0.05, 0) is 19.0 Å². The van der Waals surface area contributed by atoms with E-state index in [9.17, 15) is 9.59 Å². The summed E-state index contributed by atoms with van der Waals surface area (Å²) >= 11 is 0. The van der Waals surface area contributed by atoms with Crippen molar-refractivity contribution < 1.29 is 18.8 Å². The van der Waals surface area contributed by atoms with Gasteiger partial charge in [-0.2, -0.15) is 0 Å². The summed E-state index contributed by atoms with van der Waals surface area (Å²) in [5.41, 5.74) is -0.160. The molecule has 0 radical (unpaired) electrons. The smallest absolute Gasteiger partial charge is 0.302 e. The van der Waals surface area contributed by atoms with Crippen LogP contribution in [0.25, 0.3) is 0 Å². The molecule has 2 atom stereocenters. The third-order valence-corrected chi connectivity index (χ3v) is 6.62. The fourth-order valence-corrected chi connectivity index (χ4v) is 5.50. The first-order valence-electron chi connectivity index (χ1n) is 5.31. The molecule has 1 saturated heterocycles. The molecule has 1 aliphatic heterocycles. The van der Waals surface area contributed by atoms with E-state index in [-0.39, 0.29) is 17.7 Å². The first-order chi connectivity index (χ1) is 6.94. The Kier molecular flexibility index (Phi) is 3.90. The Balaban J connectivity index is 2.71. The second-order valence-corrected chi connectivity index (χ2v) is 8.22. The summed E-state index contributed by atoms with van der Waals surface area (Å²) in [5.74, 6) is -0.545. The fourth-order valence-electron chi connectivity index (χ4n) is 2.10. The number of esters is 1. The summed E-state index contributed by atoms with van der Waals surface area (Å²) in [7, 11) is -2.18. The highest BCUT2D eigenvalue weighted by Crippen LogP contribution is 2.31. The van der Waals surface area contributed by atoms with Gasteiger partial charge >= 0.3 is 5.97 Å². The largest absolute Gasteiger partial charge is 0.516 e. The molecule has 1 heterocycles. The maximum Gasteiger partial charge on any atom is 0.302 e. The van der Waals surface area contributed by atoms with Gasteiger partial charge < -0.3 is 9.16 Å². The van der Waals surface area contributed by atoms with Crippen LogP contribution in [0.4, 0.5) is 0 Å². The molecule has 0 aromatic heterocycles. The molecule has 0 aliphatic carbocycles. The number of carbonyl (C=O) groups excluding carboxylic acids is 2. The standard InChI is InChI=1S/C10H18O4Si/c1-8(11)13-10-6-4-5-7-15(10,3)14-9(2)12/h10H,4-7H2,1-3H3. The van der Waals surface area contributed by atoms with Crippen LogP contribution in [0.5, 0.6) is 0 Å². The molecule has 4 nitrogen and oxygen atoms in total. The van der Waals surface area contributed by atoms with E-state index in [2.05, 4.69) is 0 Å². The van der Waals surface area contributed by atoms with Crippen LogP contribution in [0, 0.1) is 0 Å². The van der Waals surface area contributed by atoms with Gasteiger partial charge in [-0.25, -0.2) is 0 Å². The molecule has 1 rings (SSSR count). The highest BCUT2D eigenvalue weighted by Gasteiger charge is 2.45. The number of ether oxygens (including phenoxy) is 1. The van der Waals surface area contributed by atoms with Crippen LogP contribution in [0.3, 0.4) is 0 Å². The highest BCUT2D eigenvalue weighted by molar-refractivity contribution is 6.75. The number of carbonyl (C=O) groups is 2. The Hall–Kier alpha value is -0.843. The van der Waals surface area contributed by atoms with E-state index in [0.29, 0.717) is 0 Å². The Morgan fingerprint density at radius 3 is 2.40 bits per heavy atom. The fraction of sp³-hybridized carbons (Fsp3) is 0.800. The lowest BCUT2D eigenvalue weighted by Gasteiger charge is -2.37. The highest BCUT2D eigenvalue weighted by atomic mass is 28.4. The van der Waals surface area contributed by atoms with Crippen molar-refractivity contribution in [2.45, 2.75) is 51.4 Å². The molecule has 0 N–H and O–H groups in total. The molecule has 0 bridgehead atoms. The maximum absolute atomic E-state index is 11.0. The van der Waals surface area contributed by atoms with Crippen molar-refractivity contribution >= 4 is 20.3 Å². The lowest BCUT2D eigenvalue weighted by Crippen LogP contribution is -2.52. The summed E-state index contributed by atoms with van der Waals surface area (Å²) in [6.07, 6.45) is 2.94. The molecule has 86 valence electrons. The van der Waals surface area contributed by atoms with Gasteiger partial charge in [0, 0.05) is 13.8 Å². The zero-order valence-corrected chi connectivity index (χ0v) is 10.5. The molecular formula is C10H18O4Si. The van der Waals surface area contributed by atoms with E-state index < -0.39 is 8.32 Å². The zero-order valence-electron chi connectivity index (χ0n) is 9.54. The van der Waals surface area contributed by atoms with E-state index in [0.717, 1.165) is 25.3 Å². The van der Waals surface area contributed by atoms with E-state index >= 15 is 0 Å². The Bertz CT molecular complexity index is 266. The molecule has 0 spiro atoms. The van der Waals surface area contributed by atoms with E-state index in [4.69, 9.17) is 9.16 Å². The number of hydrogen-bond donors (Lipinski definition) is 0. The minimum Gasteiger partial charge on any atom is -0.516 e. The first-order valence-corrected chi connectivity index (χ1v) is 8.00. The van der Waals surface area contributed by atoms with Crippen LogP contribution in [0.1, 0.15) is 33.1 Å². The van der Waals surface area contributed by atoms with Crippen molar-refractivity contribution in [2.75, 3.05) is 0 Å². The Morgan fingerprint density at radius 2 is 1.87 bits per heavy atom. The molecule has 5 heteroatoms. The van der Waals surface area contributed by atoms with Crippen molar-refractivity contribution in [2.24, 2.45) is 0 Å². The van der Waals surface area contributed by atoms with E-state index in [1.54, 1.807) is 0 Å². The van der Waals surface area contributed by atoms with Crippen molar-refractivity contribution in [1.29, 1.82) is 0 Å². The predicted octanol–water partition coefficient (Wildman–Crippen LogP) is 1.78. The second kappa shape index (κ2) is 4.79. The Labute approximate surface area is 91.1 Å². The third kappa shape index (κ3) is 3.34. The van der Waals surface area contributed by atoms with Crippen LogP contribution < -0.4 is 0 Å². The van der Waals surface area contributed by atoms with Gasteiger partial charge in [0.25, 0.3) is 14.3 Å². The molecule has 0 saturated carbocycles. The second-order valence-electron chi connectivity index (χ2n) is 4.25. The minimum absolute atomic E-state index is 0.160. The van der Waals surface area contributed by atoms with Crippen LogP contribution in [0.2, 0.25) is 12.6 Å². The SMILES string of the molecule is CC(=O)OC1CCCC[Si]1(C)OC(C)=O. The normalized spacial score (nSPS) is 30.7. The predicted molar refractivity (Wildman–Crippen MR) is 57.6 cm³/mol. The van der Waals surface area contributed by atoms with Gasteiger partial charge in [-0.1, -0.05) is 12.8 Å². The van der Waals surface area contributed by atoms with Gasteiger partial charge in [0.1, 0.15) is 5.73 Å². The Morgan fingerprint density at radius 1 is 1.20 bits per heavy atom. The average Bonchev–Trinajstić information content (AvgIpc) is 2.07. The van der Waals surface area contributed by atoms with Crippen molar-refractivity contribution in [3.63, 3.8) is 0 Å². The van der Waals surface area contributed by atoms with E-state index in [1.165, 1.54) is 13.8 Å². The molecule has 15 heavy (non-hydrogen) atoms. The quantitative estimate of drug-likeness (QED) is 0.536. The maximum atomic E-state index is 11.0. The number of hydrogen-bond acceptors (Lipinski definition) is 4. The van der Waals surface area contributed by atoms with Gasteiger partial charge in [0.05, 0.1) is 0 Å². The van der Waals surface area contributed by atoms with Gasteiger partial charge in [0.15, 0.2) is 0 Å². The first kappa shape index (κ1) is 12.2. The van der Waals surface area contributed by atoms with Gasteiger partial charge in [-0.3, -0.25) is 9.59 Å².